The van der Waals surface area contributed by atoms with Crippen molar-refractivity contribution in [2.24, 2.45) is 7.05 Å². The van der Waals surface area contributed by atoms with Crippen molar-refractivity contribution in [3.05, 3.63) is 29.8 Å². The number of pyridine rings is 1. The summed E-state index contributed by atoms with van der Waals surface area (Å²) in [4.78, 5) is 5.38. The second kappa shape index (κ2) is 5.93. The summed E-state index contributed by atoms with van der Waals surface area (Å²) in [6.07, 6.45) is 4.12. The monoisotopic (exact) mass is 289 g/mol. The third-order valence-electron chi connectivity index (χ3n) is 3.65. The van der Waals surface area contributed by atoms with Crippen molar-refractivity contribution in [2.45, 2.75) is 35.7 Å². The molecule has 0 bridgehead atoms. The maximum Gasteiger partial charge on any atom is 0.195 e. The average molecular weight is 289 g/mol. The second-order valence-corrected chi connectivity index (χ2v) is 6.20. The Kier molecular flexibility index (Phi) is 4.03. The van der Waals surface area contributed by atoms with Gasteiger partial charge in [-0.15, -0.1) is 10.2 Å². The molecule has 2 aromatic rings. The fourth-order valence-electron chi connectivity index (χ4n) is 2.54. The summed E-state index contributed by atoms with van der Waals surface area (Å²) < 4.78 is 2.14. The molecule has 3 rings (SSSR count). The Morgan fingerprint density at radius 1 is 1.30 bits per heavy atom. The summed E-state index contributed by atoms with van der Waals surface area (Å²) in [6, 6.07) is 4.08. The highest BCUT2D eigenvalue weighted by molar-refractivity contribution is 7.99. The maximum absolute atomic E-state index is 4.41. The molecule has 0 spiro atoms. The van der Waals surface area contributed by atoms with Crippen molar-refractivity contribution in [3.8, 4) is 0 Å². The lowest BCUT2D eigenvalue weighted by molar-refractivity contribution is 0.434. The van der Waals surface area contributed by atoms with Crippen LogP contribution in [0.2, 0.25) is 0 Å². The molecule has 106 valence electrons. The standard InChI is InChI=1S/C14H19N5S/c1-10-9-12(5-8-16-10)20-14-18-17-13(19(14)2)11-3-6-15-7-4-11/h5,8-9,11,15H,3-4,6-7H2,1-2H3. The highest BCUT2D eigenvalue weighted by Gasteiger charge is 2.21. The lowest BCUT2D eigenvalue weighted by atomic mass is 9.97. The first-order valence-electron chi connectivity index (χ1n) is 6.94. The minimum Gasteiger partial charge on any atom is -0.317 e. The topological polar surface area (TPSA) is 55.6 Å². The molecule has 1 fully saturated rings. The number of piperidine rings is 1. The number of hydrogen-bond donors (Lipinski definition) is 1. The third-order valence-corrected chi connectivity index (χ3v) is 4.68. The zero-order valence-electron chi connectivity index (χ0n) is 11.8. The number of aryl methyl sites for hydroxylation is 1. The van der Waals surface area contributed by atoms with Crippen LogP contribution in [0.5, 0.6) is 0 Å². The molecule has 6 heteroatoms. The van der Waals surface area contributed by atoms with E-state index in [1.54, 1.807) is 11.8 Å². The van der Waals surface area contributed by atoms with Gasteiger partial charge in [0.25, 0.3) is 0 Å². The minimum absolute atomic E-state index is 0.530. The SMILES string of the molecule is Cc1cc(Sc2nnc(C3CCNCC3)n2C)ccn1. The van der Waals surface area contributed by atoms with Crippen LogP contribution in [-0.4, -0.2) is 32.8 Å². The van der Waals surface area contributed by atoms with Gasteiger partial charge in [-0.3, -0.25) is 4.98 Å². The van der Waals surface area contributed by atoms with Crippen LogP contribution >= 0.6 is 11.8 Å². The van der Waals surface area contributed by atoms with E-state index >= 15 is 0 Å². The predicted octanol–water partition coefficient (Wildman–Crippen LogP) is 2.14. The third kappa shape index (κ3) is 2.86. The molecule has 2 aromatic heterocycles. The van der Waals surface area contributed by atoms with Gasteiger partial charge in [-0.05, 0) is 56.7 Å². The quantitative estimate of drug-likeness (QED) is 0.938. The molecule has 0 aliphatic carbocycles. The van der Waals surface area contributed by atoms with Crippen LogP contribution in [0.1, 0.15) is 30.3 Å². The molecule has 0 atom stereocenters. The van der Waals surface area contributed by atoms with Crippen molar-refractivity contribution in [2.75, 3.05) is 13.1 Å². The van der Waals surface area contributed by atoms with E-state index in [0.717, 1.165) is 47.5 Å². The van der Waals surface area contributed by atoms with E-state index in [4.69, 9.17) is 0 Å². The molecular formula is C14H19N5S. The molecule has 5 nitrogen and oxygen atoms in total. The summed E-state index contributed by atoms with van der Waals surface area (Å²) in [5, 5.41) is 13.1. The van der Waals surface area contributed by atoms with Crippen molar-refractivity contribution < 1.29 is 0 Å². The van der Waals surface area contributed by atoms with Crippen LogP contribution in [-0.2, 0) is 7.05 Å². The number of aromatic nitrogens is 4. The van der Waals surface area contributed by atoms with Crippen LogP contribution in [0.25, 0.3) is 0 Å². The van der Waals surface area contributed by atoms with Gasteiger partial charge in [0.15, 0.2) is 5.16 Å². The Bertz CT molecular complexity index is 589. The number of rotatable bonds is 3. The molecule has 0 radical (unpaired) electrons. The van der Waals surface area contributed by atoms with Gasteiger partial charge in [0.2, 0.25) is 0 Å². The highest BCUT2D eigenvalue weighted by atomic mass is 32.2. The number of nitrogens with one attached hydrogen (secondary N) is 1. The predicted molar refractivity (Wildman–Crippen MR) is 78.9 cm³/mol. The van der Waals surface area contributed by atoms with Gasteiger partial charge in [-0.25, -0.2) is 0 Å². The van der Waals surface area contributed by atoms with Crippen LogP contribution in [0.4, 0.5) is 0 Å². The fraction of sp³-hybridized carbons (Fsp3) is 0.500. The van der Waals surface area contributed by atoms with E-state index in [0.29, 0.717) is 5.92 Å². The first kappa shape index (κ1) is 13.6. The second-order valence-electron chi connectivity index (χ2n) is 5.16. The Labute approximate surface area is 123 Å². The molecule has 0 saturated carbocycles. The first-order valence-corrected chi connectivity index (χ1v) is 7.76. The largest absolute Gasteiger partial charge is 0.317 e. The summed E-state index contributed by atoms with van der Waals surface area (Å²) in [6.45, 7) is 4.15. The summed E-state index contributed by atoms with van der Waals surface area (Å²) in [5.41, 5.74) is 1.02. The molecular weight excluding hydrogens is 270 g/mol. The van der Waals surface area contributed by atoms with Gasteiger partial charge >= 0.3 is 0 Å². The lowest BCUT2D eigenvalue weighted by Crippen LogP contribution is -2.27. The zero-order chi connectivity index (χ0) is 13.9. The normalized spacial score (nSPS) is 16.5. The molecule has 20 heavy (non-hydrogen) atoms. The van der Waals surface area contributed by atoms with Crippen molar-refractivity contribution in [3.63, 3.8) is 0 Å². The van der Waals surface area contributed by atoms with E-state index < -0.39 is 0 Å². The lowest BCUT2D eigenvalue weighted by Gasteiger charge is -2.21. The molecule has 0 amide bonds. The fourth-order valence-corrected chi connectivity index (χ4v) is 3.42. The van der Waals surface area contributed by atoms with Crippen LogP contribution in [0.3, 0.4) is 0 Å². The highest BCUT2D eigenvalue weighted by Crippen LogP contribution is 2.30. The first-order chi connectivity index (χ1) is 9.74. The van der Waals surface area contributed by atoms with E-state index in [2.05, 4.69) is 38.2 Å². The maximum atomic E-state index is 4.41. The van der Waals surface area contributed by atoms with Gasteiger partial charge in [0.05, 0.1) is 0 Å². The Morgan fingerprint density at radius 2 is 2.10 bits per heavy atom. The summed E-state index contributed by atoms with van der Waals surface area (Å²) in [7, 11) is 2.06. The number of nitrogens with zero attached hydrogens (tertiary/aromatic N) is 4. The Morgan fingerprint density at radius 3 is 2.85 bits per heavy atom. The Balaban J connectivity index is 1.79. The minimum atomic E-state index is 0.530. The zero-order valence-corrected chi connectivity index (χ0v) is 12.7. The van der Waals surface area contributed by atoms with E-state index in [-0.39, 0.29) is 0 Å². The smallest absolute Gasteiger partial charge is 0.195 e. The van der Waals surface area contributed by atoms with Crippen molar-refractivity contribution in [1.29, 1.82) is 0 Å². The van der Waals surface area contributed by atoms with Crippen LogP contribution in [0.15, 0.2) is 28.4 Å². The molecule has 0 aromatic carbocycles. The molecule has 1 aliphatic heterocycles. The van der Waals surface area contributed by atoms with Crippen molar-refractivity contribution >= 4 is 11.8 Å². The van der Waals surface area contributed by atoms with E-state index in [1.165, 1.54) is 0 Å². The van der Waals surface area contributed by atoms with Gasteiger partial charge < -0.3 is 9.88 Å². The number of hydrogen-bond acceptors (Lipinski definition) is 5. The summed E-state index contributed by atoms with van der Waals surface area (Å²) >= 11 is 1.65. The van der Waals surface area contributed by atoms with E-state index in [9.17, 15) is 0 Å². The summed E-state index contributed by atoms with van der Waals surface area (Å²) in [5.74, 6) is 1.64. The van der Waals surface area contributed by atoms with Crippen molar-refractivity contribution in [1.82, 2.24) is 25.1 Å². The molecule has 1 N–H and O–H groups in total. The molecule has 1 saturated heterocycles. The van der Waals surface area contributed by atoms with Gasteiger partial charge in [0, 0.05) is 29.8 Å². The molecule has 0 unspecified atom stereocenters. The van der Waals surface area contributed by atoms with Gasteiger partial charge in [0.1, 0.15) is 5.82 Å². The average Bonchev–Trinajstić information content (AvgIpc) is 2.81. The van der Waals surface area contributed by atoms with E-state index in [1.807, 2.05) is 19.2 Å². The van der Waals surface area contributed by atoms with Crippen LogP contribution < -0.4 is 5.32 Å². The van der Waals surface area contributed by atoms with Gasteiger partial charge in [-0.2, -0.15) is 0 Å². The van der Waals surface area contributed by atoms with Gasteiger partial charge in [-0.1, -0.05) is 0 Å². The Hall–Kier alpha value is -1.40. The van der Waals surface area contributed by atoms with Crippen LogP contribution in [0, 0.1) is 6.92 Å². The molecule has 3 heterocycles. The molecule has 1 aliphatic rings.